The lowest BCUT2D eigenvalue weighted by Crippen LogP contribution is -2.41. The van der Waals surface area contributed by atoms with E-state index in [4.69, 9.17) is 0 Å². The number of aromatic amines is 1. The number of rotatable bonds is 4. The molecule has 1 fully saturated rings. The second-order valence-corrected chi connectivity index (χ2v) is 5.87. The summed E-state index contributed by atoms with van der Waals surface area (Å²) < 4.78 is 0. The molecule has 112 valence electrons. The number of allylic oxidation sites excluding steroid dienone is 2. The Morgan fingerprint density at radius 2 is 2.05 bits per heavy atom. The monoisotopic (exact) mass is 290 g/mol. The molecule has 1 aromatic heterocycles. The highest BCUT2D eigenvalue weighted by Gasteiger charge is 2.52. The molecule has 7 heteroatoms. The van der Waals surface area contributed by atoms with Crippen molar-refractivity contribution in [1.29, 1.82) is 0 Å². The van der Waals surface area contributed by atoms with Gasteiger partial charge in [-0.15, -0.1) is 0 Å². The standard InChI is InChI=1S/C14H18N4O3/c1-7-15-10(17-16-7)6-18(2)13(19)11-8-3-4-9(5-8)12(11)14(20)21/h3-4,8-9,11-12H,5-6H2,1-2H3,(H,20,21)(H,15,16,17)/t8?,9?,11-,12+/m0/s1. The molecule has 1 heterocycles. The zero-order valence-corrected chi connectivity index (χ0v) is 12.0. The molecule has 4 atom stereocenters. The molecule has 7 nitrogen and oxygen atoms in total. The molecule has 1 aromatic rings. The highest BCUT2D eigenvalue weighted by molar-refractivity contribution is 5.86. The summed E-state index contributed by atoms with van der Waals surface area (Å²) in [6.45, 7) is 2.08. The number of carboxylic acid groups (broad SMARTS) is 1. The van der Waals surface area contributed by atoms with Gasteiger partial charge in [-0.25, -0.2) is 4.98 Å². The maximum Gasteiger partial charge on any atom is 0.307 e. The first-order chi connectivity index (χ1) is 9.97. The lowest BCUT2D eigenvalue weighted by molar-refractivity contribution is -0.150. The Hall–Kier alpha value is -2.18. The molecule has 2 N–H and O–H groups in total. The van der Waals surface area contributed by atoms with Crippen LogP contribution in [0.3, 0.4) is 0 Å². The van der Waals surface area contributed by atoms with Crippen LogP contribution in [0.2, 0.25) is 0 Å². The number of amides is 1. The summed E-state index contributed by atoms with van der Waals surface area (Å²) in [5, 5.41) is 16.1. The predicted molar refractivity (Wildman–Crippen MR) is 72.9 cm³/mol. The Kier molecular flexibility index (Phi) is 3.27. The summed E-state index contributed by atoms with van der Waals surface area (Å²) in [4.78, 5) is 29.8. The van der Waals surface area contributed by atoms with Gasteiger partial charge in [-0.05, 0) is 25.2 Å². The van der Waals surface area contributed by atoms with E-state index in [1.165, 1.54) is 4.90 Å². The van der Waals surface area contributed by atoms with Gasteiger partial charge < -0.3 is 10.0 Å². The molecule has 0 radical (unpaired) electrons. The predicted octanol–water partition coefficient (Wildman–Crippen LogP) is 0.594. The molecule has 0 aromatic carbocycles. The molecule has 2 aliphatic rings. The lowest BCUT2D eigenvalue weighted by Gasteiger charge is -2.27. The van der Waals surface area contributed by atoms with Crippen molar-refractivity contribution < 1.29 is 14.7 Å². The van der Waals surface area contributed by atoms with Crippen molar-refractivity contribution in [2.24, 2.45) is 23.7 Å². The van der Waals surface area contributed by atoms with Crippen LogP contribution in [0, 0.1) is 30.6 Å². The summed E-state index contributed by atoms with van der Waals surface area (Å²) in [5.74, 6) is -0.841. The number of H-pyrrole nitrogens is 1. The number of nitrogens with one attached hydrogen (secondary N) is 1. The van der Waals surface area contributed by atoms with Crippen LogP contribution in [0.1, 0.15) is 18.1 Å². The van der Waals surface area contributed by atoms with Gasteiger partial charge in [0, 0.05) is 7.05 Å². The summed E-state index contributed by atoms with van der Waals surface area (Å²) in [6.07, 6.45) is 4.68. The van der Waals surface area contributed by atoms with Crippen molar-refractivity contribution in [3.05, 3.63) is 23.8 Å². The van der Waals surface area contributed by atoms with E-state index in [-0.39, 0.29) is 24.3 Å². The van der Waals surface area contributed by atoms with Crippen LogP contribution in [-0.2, 0) is 16.1 Å². The third-order valence-corrected chi connectivity index (χ3v) is 4.43. The highest BCUT2D eigenvalue weighted by atomic mass is 16.4. The van der Waals surface area contributed by atoms with E-state index >= 15 is 0 Å². The molecule has 1 saturated carbocycles. The molecule has 0 spiro atoms. The molecular formula is C14H18N4O3. The zero-order chi connectivity index (χ0) is 15.1. The van der Waals surface area contributed by atoms with Crippen molar-refractivity contribution in [2.45, 2.75) is 19.9 Å². The average Bonchev–Trinajstić information content (AvgIpc) is 3.12. The van der Waals surface area contributed by atoms with Gasteiger partial charge in [-0.1, -0.05) is 12.2 Å². The van der Waals surface area contributed by atoms with Gasteiger partial charge in [0.25, 0.3) is 0 Å². The van der Waals surface area contributed by atoms with E-state index in [0.29, 0.717) is 11.6 Å². The smallest absolute Gasteiger partial charge is 0.307 e. The minimum atomic E-state index is -0.882. The Balaban J connectivity index is 1.74. The Labute approximate surface area is 122 Å². The summed E-state index contributed by atoms with van der Waals surface area (Å²) in [6, 6.07) is 0. The third-order valence-electron chi connectivity index (χ3n) is 4.43. The number of aromatic nitrogens is 3. The fraction of sp³-hybridized carbons (Fsp3) is 0.571. The minimum absolute atomic E-state index is 0.0133. The number of aliphatic carboxylic acids is 1. The molecule has 21 heavy (non-hydrogen) atoms. The first kappa shape index (κ1) is 13.8. The number of carboxylic acids is 1. The van der Waals surface area contributed by atoms with Gasteiger partial charge in [-0.2, -0.15) is 5.10 Å². The Bertz CT molecular complexity index is 609. The SMILES string of the molecule is Cc1nc(CN(C)C(=O)[C@H]2C3C=CC(C3)[C@H]2C(=O)O)n[nH]1. The Morgan fingerprint density at radius 3 is 2.62 bits per heavy atom. The maximum atomic E-state index is 12.6. The normalized spacial score (nSPS) is 29.8. The fourth-order valence-corrected chi connectivity index (χ4v) is 3.50. The topological polar surface area (TPSA) is 99.2 Å². The first-order valence-electron chi connectivity index (χ1n) is 7.01. The second kappa shape index (κ2) is 4.98. The fourth-order valence-electron chi connectivity index (χ4n) is 3.50. The van der Waals surface area contributed by atoms with Gasteiger partial charge >= 0.3 is 5.97 Å². The largest absolute Gasteiger partial charge is 0.481 e. The average molecular weight is 290 g/mol. The summed E-state index contributed by atoms with van der Waals surface area (Å²) in [5.41, 5.74) is 0. The Morgan fingerprint density at radius 1 is 1.38 bits per heavy atom. The minimum Gasteiger partial charge on any atom is -0.481 e. The number of fused-ring (bicyclic) bond motifs is 2. The molecule has 2 bridgehead atoms. The van der Waals surface area contributed by atoms with Crippen LogP contribution in [0.5, 0.6) is 0 Å². The molecule has 2 aliphatic carbocycles. The van der Waals surface area contributed by atoms with E-state index < -0.39 is 17.8 Å². The van der Waals surface area contributed by atoms with E-state index in [1.807, 2.05) is 12.2 Å². The van der Waals surface area contributed by atoms with Crippen LogP contribution in [0.4, 0.5) is 0 Å². The number of carbonyl (C=O) groups is 2. The lowest BCUT2D eigenvalue weighted by atomic mass is 9.82. The van der Waals surface area contributed by atoms with Gasteiger partial charge in [-0.3, -0.25) is 14.7 Å². The number of aryl methyl sites for hydroxylation is 1. The third kappa shape index (κ3) is 2.32. The van der Waals surface area contributed by atoms with Gasteiger partial charge in [0.15, 0.2) is 5.82 Å². The molecule has 1 amide bonds. The maximum absolute atomic E-state index is 12.6. The van der Waals surface area contributed by atoms with Crippen LogP contribution in [0.25, 0.3) is 0 Å². The van der Waals surface area contributed by atoms with Crippen LogP contribution in [-0.4, -0.2) is 44.1 Å². The quantitative estimate of drug-likeness (QED) is 0.791. The molecule has 2 unspecified atom stereocenters. The highest BCUT2D eigenvalue weighted by Crippen LogP contribution is 2.48. The molecule has 3 rings (SSSR count). The van der Waals surface area contributed by atoms with E-state index in [2.05, 4.69) is 15.2 Å². The number of nitrogens with zero attached hydrogens (tertiary/aromatic N) is 3. The zero-order valence-electron chi connectivity index (χ0n) is 12.0. The number of carbonyl (C=O) groups excluding carboxylic acids is 1. The summed E-state index contributed by atoms with van der Waals surface area (Å²) in [7, 11) is 1.67. The second-order valence-electron chi connectivity index (χ2n) is 5.87. The van der Waals surface area contributed by atoms with Crippen molar-refractivity contribution in [3.63, 3.8) is 0 Å². The van der Waals surface area contributed by atoms with Gasteiger partial charge in [0.1, 0.15) is 5.82 Å². The van der Waals surface area contributed by atoms with Gasteiger partial charge in [0.05, 0.1) is 18.4 Å². The van der Waals surface area contributed by atoms with Gasteiger partial charge in [0.2, 0.25) is 5.91 Å². The van der Waals surface area contributed by atoms with Crippen molar-refractivity contribution in [3.8, 4) is 0 Å². The van der Waals surface area contributed by atoms with E-state index in [0.717, 1.165) is 6.42 Å². The van der Waals surface area contributed by atoms with Crippen LogP contribution >= 0.6 is 0 Å². The summed E-state index contributed by atoms with van der Waals surface area (Å²) >= 11 is 0. The van der Waals surface area contributed by atoms with E-state index in [1.54, 1.807) is 14.0 Å². The molecule has 0 aliphatic heterocycles. The van der Waals surface area contributed by atoms with E-state index in [9.17, 15) is 14.7 Å². The first-order valence-corrected chi connectivity index (χ1v) is 7.01. The van der Waals surface area contributed by atoms with Crippen molar-refractivity contribution in [2.75, 3.05) is 7.05 Å². The van der Waals surface area contributed by atoms with Crippen molar-refractivity contribution >= 4 is 11.9 Å². The van der Waals surface area contributed by atoms with Crippen LogP contribution < -0.4 is 0 Å². The molecular weight excluding hydrogens is 272 g/mol. The number of hydrogen-bond donors (Lipinski definition) is 2. The molecule has 0 saturated heterocycles. The van der Waals surface area contributed by atoms with Crippen molar-refractivity contribution in [1.82, 2.24) is 20.1 Å². The number of hydrogen-bond acceptors (Lipinski definition) is 4. The van der Waals surface area contributed by atoms with Crippen LogP contribution in [0.15, 0.2) is 12.2 Å².